The van der Waals surface area contributed by atoms with E-state index in [9.17, 15) is 9.90 Å². The van der Waals surface area contributed by atoms with E-state index in [0.717, 1.165) is 5.56 Å². The predicted molar refractivity (Wildman–Crippen MR) is 75.0 cm³/mol. The third-order valence-electron chi connectivity index (χ3n) is 3.95. The highest BCUT2D eigenvalue weighted by Gasteiger charge is 2.38. The minimum Gasteiger partial charge on any atom is -0.481 e. The van der Waals surface area contributed by atoms with Crippen LogP contribution in [0.5, 0.6) is 0 Å². The maximum atomic E-state index is 11.5. The molecule has 1 aromatic carbocycles. The van der Waals surface area contributed by atoms with E-state index in [0.29, 0.717) is 0 Å². The smallest absolute Gasteiger partial charge is 0.314 e. The molecular formula is C16H24O2. The molecule has 0 spiro atoms. The summed E-state index contributed by atoms with van der Waals surface area (Å²) in [5.41, 5.74) is 1.37. The average Bonchev–Trinajstić information content (AvgIpc) is 2.26. The fourth-order valence-corrected chi connectivity index (χ4v) is 2.02. The van der Waals surface area contributed by atoms with Crippen LogP contribution < -0.4 is 0 Å². The fourth-order valence-electron chi connectivity index (χ4n) is 2.02. The molecule has 0 aliphatic heterocycles. The number of aliphatic carboxylic acids is 1. The molecule has 0 saturated heterocycles. The van der Waals surface area contributed by atoms with Gasteiger partial charge in [-0.3, -0.25) is 4.79 Å². The molecule has 1 atom stereocenters. The first-order valence-corrected chi connectivity index (χ1v) is 6.44. The molecule has 0 saturated carbocycles. The van der Waals surface area contributed by atoms with E-state index in [1.54, 1.807) is 6.92 Å². The second kappa shape index (κ2) is 4.75. The fraction of sp³-hybridized carbons (Fsp3) is 0.562. The monoisotopic (exact) mass is 248 g/mol. The zero-order valence-electron chi connectivity index (χ0n) is 12.2. The molecule has 1 N–H and O–H groups in total. The Morgan fingerprint density at radius 1 is 1.00 bits per heavy atom. The van der Waals surface area contributed by atoms with Gasteiger partial charge < -0.3 is 5.11 Å². The van der Waals surface area contributed by atoms with Crippen molar-refractivity contribution in [1.82, 2.24) is 0 Å². The number of carbonyl (C=O) groups is 1. The first-order chi connectivity index (χ1) is 8.10. The quantitative estimate of drug-likeness (QED) is 0.878. The molecule has 1 unspecified atom stereocenters. The van der Waals surface area contributed by atoms with Crippen molar-refractivity contribution in [3.05, 3.63) is 35.4 Å². The molecule has 0 aromatic heterocycles. The van der Waals surface area contributed by atoms with Crippen molar-refractivity contribution in [2.75, 3.05) is 0 Å². The Balaban J connectivity index is 3.22. The Bertz CT molecular complexity index is 423. The van der Waals surface area contributed by atoms with Crippen molar-refractivity contribution in [1.29, 1.82) is 0 Å². The maximum absolute atomic E-state index is 11.5. The number of carboxylic acid groups (broad SMARTS) is 1. The minimum atomic E-state index is -0.823. The summed E-state index contributed by atoms with van der Waals surface area (Å²) >= 11 is 0. The normalized spacial score (nSPS) is 15.5. The molecule has 0 heterocycles. The second-order valence-corrected chi connectivity index (χ2v) is 6.49. The Labute approximate surface area is 110 Å². The van der Waals surface area contributed by atoms with Gasteiger partial charge in [-0.1, -0.05) is 58.9 Å². The molecule has 0 bridgehead atoms. The van der Waals surface area contributed by atoms with Gasteiger partial charge >= 0.3 is 5.97 Å². The Kier molecular flexibility index (Phi) is 3.89. The van der Waals surface area contributed by atoms with Crippen molar-refractivity contribution >= 4 is 5.97 Å². The average molecular weight is 248 g/mol. The summed E-state index contributed by atoms with van der Waals surface area (Å²) in [7, 11) is 0. The largest absolute Gasteiger partial charge is 0.481 e. The van der Waals surface area contributed by atoms with Crippen LogP contribution >= 0.6 is 0 Å². The minimum absolute atomic E-state index is 0.0514. The lowest BCUT2D eigenvalue weighted by molar-refractivity contribution is -0.145. The maximum Gasteiger partial charge on any atom is 0.314 e. The molecule has 0 aliphatic carbocycles. The highest BCUT2D eigenvalue weighted by Crippen LogP contribution is 2.33. The lowest BCUT2D eigenvalue weighted by Gasteiger charge is -2.30. The molecule has 2 nitrogen and oxygen atoms in total. The van der Waals surface area contributed by atoms with Crippen LogP contribution in [0.2, 0.25) is 0 Å². The van der Waals surface area contributed by atoms with E-state index >= 15 is 0 Å². The van der Waals surface area contributed by atoms with Crippen LogP contribution in [0.15, 0.2) is 24.3 Å². The van der Waals surface area contributed by atoms with E-state index in [1.165, 1.54) is 5.56 Å². The van der Waals surface area contributed by atoms with Gasteiger partial charge in [-0.2, -0.15) is 0 Å². The van der Waals surface area contributed by atoms with E-state index in [-0.39, 0.29) is 11.3 Å². The summed E-state index contributed by atoms with van der Waals surface area (Å²) in [4.78, 5) is 11.5. The lowest BCUT2D eigenvalue weighted by atomic mass is 9.72. The molecule has 1 rings (SSSR count). The Morgan fingerprint density at radius 2 is 1.39 bits per heavy atom. The van der Waals surface area contributed by atoms with Gasteiger partial charge in [0.15, 0.2) is 0 Å². The van der Waals surface area contributed by atoms with Crippen LogP contribution in [0.1, 0.15) is 52.7 Å². The van der Waals surface area contributed by atoms with Gasteiger partial charge in [-0.15, -0.1) is 0 Å². The van der Waals surface area contributed by atoms with Gasteiger partial charge in [0.2, 0.25) is 0 Å². The van der Waals surface area contributed by atoms with E-state index in [4.69, 9.17) is 0 Å². The van der Waals surface area contributed by atoms with Gasteiger partial charge in [0.1, 0.15) is 0 Å². The summed E-state index contributed by atoms with van der Waals surface area (Å²) in [6.07, 6.45) is 0. The van der Waals surface area contributed by atoms with E-state index < -0.39 is 11.4 Å². The summed E-state index contributed by atoms with van der Waals surface area (Å²) in [6.45, 7) is 12.2. The van der Waals surface area contributed by atoms with Crippen molar-refractivity contribution in [3.63, 3.8) is 0 Å². The Hall–Kier alpha value is -1.31. The highest BCUT2D eigenvalue weighted by molar-refractivity contribution is 5.81. The van der Waals surface area contributed by atoms with Crippen LogP contribution in [-0.4, -0.2) is 11.1 Å². The van der Waals surface area contributed by atoms with Gasteiger partial charge in [0, 0.05) is 0 Å². The molecule has 100 valence electrons. The van der Waals surface area contributed by atoms with Crippen LogP contribution in [0.3, 0.4) is 0 Å². The molecule has 18 heavy (non-hydrogen) atoms. The molecule has 0 amide bonds. The number of carboxylic acids is 1. The first kappa shape index (κ1) is 14.7. The van der Waals surface area contributed by atoms with Crippen LogP contribution in [-0.2, 0) is 15.6 Å². The summed E-state index contributed by atoms with van der Waals surface area (Å²) in [5.74, 6) is -0.712. The number of hydrogen-bond acceptors (Lipinski definition) is 1. The first-order valence-electron chi connectivity index (χ1n) is 6.44. The summed E-state index contributed by atoms with van der Waals surface area (Å²) in [5, 5.41) is 9.49. The summed E-state index contributed by atoms with van der Waals surface area (Å²) < 4.78 is 0. The van der Waals surface area contributed by atoms with Crippen molar-refractivity contribution < 1.29 is 9.90 Å². The standard InChI is InChI=1S/C16H24O2/c1-11(2)16(6,14(17)18)13-9-7-12(8-10-13)15(3,4)5/h7-11H,1-6H3,(H,17,18). The van der Waals surface area contributed by atoms with Crippen LogP contribution in [0.4, 0.5) is 0 Å². The lowest BCUT2D eigenvalue weighted by Crippen LogP contribution is -2.37. The third-order valence-corrected chi connectivity index (χ3v) is 3.95. The number of rotatable bonds is 3. The molecule has 2 heteroatoms. The molecule has 0 radical (unpaired) electrons. The van der Waals surface area contributed by atoms with Crippen molar-refractivity contribution in [2.24, 2.45) is 5.92 Å². The predicted octanol–water partition coefficient (Wildman–Crippen LogP) is 3.98. The third kappa shape index (κ3) is 2.58. The van der Waals surface area contributed by atoms with Crippen molar-refractivity contribution in [2.45, 2.75) is 52.4 Å². The summed E-state index contributed by atoms with van der Waals surface area (Å²) in [6, 6.07) is 7.99. The second-order valence-electron chi connectivity index (χ2n) is 6.49. The molecule has 1 aromatic rings. The van der Waals surface area contributed by atoms with Crippen LogP contribution in [0.25, 0.3) is 0 Å². The van der Waals surface area contributed by atoms with Crippen molar-refractivity contribution in [3.8, 4) is 0 Å². The van der Waals surface area contributed by atoms with E-state index in [2.05, 4.69) is 20.8 Å². The SMILES string of the molecule is CC(C)C(C)(C(=O)O)c1ccc(C(C)(C)C)cc1. The topological polar surface area (TPSA) is 37.3 Å². The molecular weight excluding hydrogens is 224 g/mol. The zero-order valence-corrected chi connectivity index (χ0v) is 12.2. The van der Waals surface area contributed by atoms with Crippen LogP contribution in [0, 0.1) is 5.92 Å². The van der Waals surface area contributed by atoms with E-state index in [1.807, 2.05) is 38.1 Å². The Morgan fingerprint density at radius 3 is 1.67 bits per heavy atom. The number of benzene rings is 1. The highest BCUT2D eigenvalue weighted by atomic mass is 16.4. The van der Waals surface area contributed by atoms with Gasteiger partial charge in [0.05, 0.1) is 5.41 Å². The molecule has 0 fully saturated rings. The molecule has 0 aliphatic rings. The zero-order chi connectivity index (χ0) is 14.1. The van der Waals surface area contributed by atoms with Gasteiger partial charge in [0.25, 0.3) is 0 Å². The van der Waals surface area contributed by atoms with Gasteiger partial charge in [-0.05, 0) is 29.4 Å². The number of hydrogen-bond donors (Lipinski definition) is 1. The van der Waals surface area contributed by atoms with Gasteiger partial charge in [-0.25, -0.2) is 0 Å².